The third-order valence-corrected chi connectivity index (χ3v) is 4.03. The van der Waals surface area contributed by atoms with E-state index >= 15 is 0 Å². The minimum absolute atomic E-state index is 0.324. The molecule has 0 unspecified atom stereocenters. The molecule has 0 radical (unpaired) electrons. The molecule has 0 aliphatic heterocycles. The summed E-state index contributed by atoms with van der Waals surface area (Å²) in [6.07, 6.45) is 3.97. The van der Waals surface area contributed by atoms with Gasteiger partial charge in [-0.1, -0.05) is 0 Å². The van der Waals surface area contributed by atoms with Gasteiger partial charge in [0.15, 0.2) is 0 Å². The van der Waals surface area contributed by atoms with Gasteiger partial charge in [-0.2, -0.15) is 0 Å². The first-order chi connectivity index (χ1) is 6.98. The van der Waals surface area contributed by atoms with Crippen molar-refractivity contribution in [2.45, 2.75) is 11.3 Å². The van der Waals surface area contributed by atoms with Gasteiger partial charge in [-0.3, -0.25) is 0 Å². The second-order valence-corrected chi connectivity index (χ2v) is 5.53. The Balaban J connectivity index is 2.83. The van der Waals surface area contributed by atoms with E-state index in [4.69, 9.17) is 5.73 Å². The predicted molar refractivity (Wildman–Crippen MR) is 58.9 cm³/mol. The van der Waals surface area contributed by atoms with E-state index < -0.39 is 10.0 Å². The van der Waals surface area contributed by atoms with E-state index in [9.17, 15) is 8.42 Å². The first-order valence-corrected chi connectivity index (χ1v) is 6.21. The van der Waals surface area contributed by atoms with Crippen LogP contribution in [0, 0.1) is 0 Å². The van der Waals surface area contributed by atoms with Crippen molar-refractivity contribution in [2.75, 3.05) is 20.1 Å². The summed E-state index contributed by atoms with van der Waals surface area (Å²) in [6, 6.07) is 1.59. The topological polar surface area (TPSA) is 68.3 Å². The Bertz CT molecular complexity index is 411. The third-order valence-electron chi connectivity index (χ3n) is 2.19. The second-order valence-electron chi connectivity index (χ2n) is 3.48. The minimum atomic E-state index is -3.33. The van der Waals surface area contributed by atoms with Crippen LogP contribution in [-0.2, 0) is 17.1 Å². The summed E-state index contributed by atoms with van der Waals surface area (Å²) in [6.45, 7) is 0.947. The molecule has 0 amide bonds. The number of sulfonamides is 1. The van der Waals surface area contributed by atoms with Crippen LogP contribution >= 0.6 is 0 Å². The lowest BCUT2D eigenvalue weighted by Crippen LogP contribution is -2.28. The number of aryl methyl sites for hydroxylation is 1. The summed E-state index contributed by atoms with van der Waals surface area (Å²) in [4.78, 5) is 0.324. The lowest BCUT2D eigenvalue weighted by Gasteiger charge is -2.15. The van der Waals surface area contributed by atoms with Crippen molar-refractivity contribution in [3.8, 4) is 0 Å². The largest absolute Gasteiger partial charge is 0.356 e. The predicted octanol–water partition coefficient (Wildman–Crippen LogP) is -0.00560. The average Bonchev–Trinajstić information content (AvgIpc) is 2.61. The van der Waals surface area contributed by atoms with Gasteiger partial charge in [0.05, 0.1) is 4.90 Å². The van der Waals surface area contributed by atoms with Gasteiger partial charge in [0.25, 0.3) is 0 Å². The number of hydrogen-bond donors (Lipinski definition) is 1. The van der Waals surface area contributed by atoms with Gasteiger partial charge in [-0.05, 0) is 19.0 Å². The monoisotopic (exact) mass is 231 g/mol. The SMILES string of the molecule is CN(CCCN)S(=O)(=O)c1ccn(C)c1. The maximum Gasteiger partial charge on any atom is 0.244 e. The highest BCUT2D eigenvalue weighted by atomic mass is 32.2. The molecule has 0 saturated heterocycles. The van der Waals surface area contributed by atoms with Crippen molar-refractivity contribution in [3.05, 3.63) is 18.5 Å². The second kappa shape index (κ2) is 4.78. The quantitative estimate of drug-likeness (QED) is 0.775. The highest BCUT2D eigenvalue weighted by molar-refractivity contribution is 7.89. The van der Waals surface area contributed by atoms with E-state index in [0.717, 1.165) is 0 Å². The Hall–Kier alpha value is -0.850. The average molecular weight is 231 g/mol. The fourth-order valence-corrected chi connectivity index (χ4v) is 2.51. The van der Waals surface area contributed by atoms with Gasteiger partial charge in [0.2, 0.25) is 10.0 Å². The van der Waals surface area contributed by atoms with E-state index in [1.54, 1.807) is 37.1 Å². The lowest BCUT2D eigenvalue weighted by atomic mass is 10.4. The van der Waals surface area contributed by atoms with Crippen LogP contribution in [0.15, 0.2) is 23.4 Å². The molecule has 1 rings (SSSR count). The number of aromatic nitrogens is 1. The molecule has 0 atom stereocenters. The molecule has 0 aliphatic rings. The highest BCUT2D eigenvalue weighted by Gasteiger charge is 2.20. The molecule has 0 saturated carbocycles. The summed E-state index contributed by atoms with van der Waals surface area (Å²) in [7, 11) is 0.0246. The van der Waals surface area contributed by atoms with Crippen LogP contribution in [0.2, 0.25) is 0 Å². The Morgan fingerprint density at radius 2 is 2.20 bits per heavy atom. The maximum absolute atomic E-state index is 11.9. The standard InChI is InChI=1S/C9H17N3O2S/c1-11-7-4-9(8-11)15(13,14)12(2)6-3-5-10/h4,7-8H,3,5-6,10H2,1-2H3. The van der Waals surface area contributed by atoms with E-state index in [2.05, 4.69) is 0 Å². The molecule has 2 N–H and O–H groups in total. The smallest absolute Gasteiger partial charge is 0.244 e. The fourth-order valence-electron chi connectivity index (χ4n) is 1.24. The van der Waals surface area contributed by atoms with Crippen LogP contribution < -0.4 is 5.73 Å². The van der Waals surface area contributed by atoms with Crippen LogP contribution in [-0.4, -0.2) is 37.4 Å². The molecule has 1 aromatic heterocycles. The molecule has 0 bridgehead atoms. The van der Waals surface area contributed by atoms with Gasteiger partial charge in [0.1, 0.15) is 0 Å². The van der Waals surface area contributed by atoms with E-state index in [1.165, 1.54) is 4.31 Å². The van der Waals surface area contributed by atoms with Crippen LogP contribution in [0.5, 0.6) is 0 Å². The van der Waals surface area contributed by atoms with Crippen molar-refractivity contribution < 1.29 is 8.42 Å². The molecule has 15 heavy (non-hydrogen) atoms. The molecule has 5 nitrogen and oxygen atoms in total. The Morgan fingerprint density at radius 1 is 1.53 bits per heavy atom. The fraction of sp³-hybridized carbons (Fsp3) is 0.556. The summed E-state index contributed by atoms with van der Waals surface area (Å²) in [5.74, 6) is 0. The molecule has 0 fully saturated rings. The number of nitrogens with two attached hydrogens (primary N) is 1. The molecule has 86 valence electrons. The van der Waals surface area contributed by atoms with Crippen LogP contribution in [0.1, 0.15) is 6.42 Å². The van der Waals surface area contributed by atoms with Crippen LogP contribution in [0.25, 0.3) is 0 Å². The molecular formula is C9H17N3O2S. The first kappa shape index (κ1) is 12.2. The zero-order valence-electron chi connectivity index (χ0n) is 9.05. The maximum atomic E-state index is 11.9. The zero-order chi connectivity index (χ0) is 11.5. The molecule has 6 heteroatoms. The van der Waals surface area contributed by atoms with Crippen LogP contribution in [0.4, 0.5) is 0 Å². The van der Waals surface area contributed by atoms with E-state index in [1.807, 2.05) is 0 Å². The lowest BCUT2D eigenvalue weighted by molar-refractivity contribution is 0.463. The van der Waals surface area contributed by atoms with Gasteiger partial charge in [0, 0.05) is 33.0 Å². The summed E-state index contributed by atoms with van der Waals surface area (Å²) < 4.78 is 26.9. The van der Waals surface area contributed by atoms with Gasteiger partial charge in [-0.15, -0.1) is 0 Å². The van der Waals surface area contributed by atoms with Crippen LogP contribution in [0.3, 0.4) is 0 Å². The van der Waals surface area contributed by atoms with Gasteiger partial charge in [-0.25, -0.2) is 12.7 Å². The minimum Gasteiger partial charge on any atom is -0.356 e. The van der Waals surface area contributed by atoms with Crippen molar-refractivity contribution in [1.82, 2.24) is 8.87 Å². The van der Waals surface area contributed by atoms with Crippen molar-refractivity contribution in [2.24, 2.45) is 12.8 Å². The van der Waals surface area contributed by atoms with E-state index in [-0.39, 0.29) is 0 Å². The zero-order valence-corrected chi connectivity index (χ0v) is 9.87. The van der Waals surface area contributed by atoms with Crippen molar-refractivity contribution >= 4 is 10.0 Å². The Labute approximate surface area is 90.5 Å². The normalized spacial score (nSPS) is 12.3. The molecule has 0 aromatic carbocycles. The molecule has 0 aliphatic carbocycles. The number of hydrogen-bond acceptors (Lipinski definition) is 3. The number of rotatable bonds is 5. The van der Waals surface area contributed by atoms with Crippen molar-refractivity contribution in [3.63, 3.8) is 0 Å². The molecule has 1 aromatic rings. The summed E-state index contributed by atoms with van der Waals surface area (Å²) in [5.41, 5.74) is 5.34. The van der Waals surface area contributed by atoms with Crippen molar-refractivity contribution in [1.29, 1.82) is 0 Å². The Morgan fingerprint density at radius 3 is 2.67 bits per heavy atom. The third kappa shape index (κ3) is 2.80. The highest BCUT2D eigenvalue weighted by Crippen LogP contribution is 2.13. The molecule has 1 heterocycles. The molecular weight excluding hydrogens is 214 g/mol. The van der Waals surface area contributed by atoms with E-state index in [0.29, 0.717) is 24.4 Å². The summed E-state index contributed by atoms with van der Waals surface area (Å²) >= 11 is 0. The van der Waals surface area contributed by atoms with Gasteiger partial charge < -0.3 is 10.3 Å². The number of nitrogens with zero attached hydrogens (tertiary/aromatic N) is 2. The molecule has 0 spiro atoms. The first-order valence-electron chi connectivity index (χ1n) is 4.77. The Kier molecular flexibility index (Phi) is 3.90. The summed E-state index contributed by atoms with van der Waals surface area (Å²) in [5, 5.41) is 0. The van der Waals surface area contributed by atoms with Gasteiger partial charge >= 0.3 is 0 Å².